The number of carbonyl (C=O) groups is 1. The first-order chi connectivity index (χ1) is 9.25. The lowest BCUT2D eigenvalue weighted by atomic mass is 10.1. The second-order valence-corrected chi connectivity index (χ2v) is 5.15. The number of rotatable bonds is 5. The van der Waals surface area contributed by atoms with Crippen LogP contribution in [0.25, 0.3) is 0 Å². The maximum atomic E-state index is 11.7. The zero-order chi connectivity index (χ0) is 13.5. The van der Waals surface area contributed by atoms with Gasteiger partial charge in [-0.15, -0.1) is 0 Å². The van der Waals surface area contributed by atoms with Crippen LogP contribution in [0.15, 0.2) is 59.1 Å². The van der Waals surface area contributed by atoms with E-state index < -0.39 is 0 Å². The van der Waals surface area contributed by atoms with E-state index in [-0.39, 0.29) is 5.97 Å². The molecule has 98 valence electrons. The Bertz CT molecular complexity index is 520. The minimum absolute atomic E-state index is 0.263. The number of aryl methyl sites for hydroxylation is 1. The van der Waals surface area contributed by atoms with Gasteiger partial charge in [0, 0.05) is 4.47 Å². The lowest BCUT2D eigenvalue weighted by Crippen LogP contribution is -2.06. The SMILES string of the molecule is O=C(OCCCc1ccccc1)c1ccc(Br)cc1. The molecule has 0 atom stereocenters. The van der Waals surface area contributed by atoms with Gasteiger partial charge in [-0.25, -0.2) is 4.79 Å². The minimum Gasteiger partial charge on any atom is -0.462 e. The molecule has 0 radical (unpaired) electrons. The third-order valence-electron chi connectivity index (χ3n) is 2.77. The number of carbonyl (C=O) groups excluding carboxylic acids is 1. The lowest BCUT2D eigenvalue weighted by molar-refractivity contribution is 0.0500. The van der Waals surface area contributed by atoms with Crippen molar-refractivity contribution < 1.29 is 9.53 Å². The molecule has 3 heteroatoms. The van der Waals surface area contributed by atoms with Gasteiger partial charge in [0.2, 0.25) is 0 Å². The fraction of sp³-hybridized carbons (Fsp3) is 0.188. The Labute approximate surface area is 121 Å². The van der Waals surface area contributed by atoms with Gasteiger partial charge in [-0.05, 0) is 42.7 Å². The highest BCUT2D eigenvalue weighted by Gasteiger charge is 2.06. The number of esters is 1. The van der Waals surface area contributed by atoms with E-state index in [0.717, 1.165) is 17.3 Å². The van der Waals surface area contributed by atoms with E-state index in [4.69, 9.17) is 4.74 Å². The van der Waals surface area contributed by atoms with Crippen molar-refractivity contribution in [1.29, 1.82) is 0 Å². The molecule has 0 aliphatic rings. The summed E-state index contributed by atoms with van der Waals surface area (Å²) < 4.78 is 6.19. The first-order valence-corrected chi connectivity index (χ1v) is 7.01. The molecule has 0 saturated heterocycles. The van der Waals surface area contributed by atoms with Gasteiger partial charge < -0.3 is 4.74 Å². The summed E-state index contributed by atoms with van der Waals surface area (Å²) in [6, 6.07) is 17.4. The summed E-state index contributed by atoms with van der Waals surface area (Å²) in [5.74, 6) is -0.263. The van der Waals surface area contributed by atoms with E-state index in [9.17, 15) is 4.79 Å². The van der Waals surface area contributed by atoms with Gasteiger partial charge in [-0.3, -0.25) is 0 Å². The van der Waals surface area contributed by atoms with Crippen LogP contribution in [-0.2, 0) is 11.2 Å². The Morgan fingerprint density at radius 3 is 2.37 bits per heavy atom. The second kappa shape index (κ2) is 7.10. The largest absolute Gasteiger partial charge is 0.462 e. The van der Waals surface area contributed by atoms with E-state index in [0.29, 0.717) is 12.2 Å². The van der Waals surface area contributed by atoms with E-state index in [1.807, 2.05) is 30.3 Å². The van der Waals surface area contributed by atoms with Crippen LogP contribution in [0.5, 0.6) is 0 Å². The number of hydrogen-bond donors (Lipinski definition) is 0. The summed E-state index contributed by atoms with van der Waals surface area (Å²) in [6.45, 7) is 0.448. The first kappa shape index (κ1) is 13.8. The van der Waals surface area contributed by atoms with Crippen molar-refractivity contribution in [2.75, 3.05) is 6.61 Å². The quantitative estimate of drug-likeness (QED) is 0.609. The molecule has 19 heavy (non-hydrogen) atoms. The summed E-state index contributed by atoms with van der Waals surface area (Å²) in [4.78, 5) is 11.7. The van der Waals surface area contributed by atoms with Crippen molar-refractivity contribution >= 4 is 21.9 Å². The highest BCUT2D eigenvalue weighted by molar-refractivity contribution is 9.10. The van der Waals surface area contributed by atoms with Crippen molar-refractivity contribution in [3.05, 3.63) is 70.2 Å². The van der Waals surface area contributed by atoms with Crippen LogP contribution in [0, 0.1) is 0 Å². The van der Waals surface area contributed by atoms with Crippen LogP contribution in [0.3, 0.4) is 0 Å². The van der Waals surface area contributed by atoms with Crippen LogP contribution in [0.1, 0.15) is 22.3 Å². The Morgan fingerprint density at radius 2 is 1.68 bits per heavy atom. The van der Waals surface area contributed by atoms with Gasteiger partial charge in [0.25, 0.3) is 0 Å². The standard InChI is InChI=1S/C16H15BrO2/c17-15-10-8-14(9-11-15)16(18)19-12-4-7-13-5-2-1-3-6-13/h1-3,5-6,8-11H,4,7,12H2. The third kappa shape index (κ3) is 4.52. The van der Waals surface area contributed by atoms with Crippen molar-refractivity contribution in [2.45, 2.75) is 12.8 Å². The zero-order valence-electron chi connectivity index (χ0n) is 10.5. The fourth-order valence-electron chi connectivity index (χ4n) is 1.76. The molecular weight excluding hydrogens is 304 g/mol. The topological polar surface area (TPSA) is 26.3 Å². The molecule has 0 N–H and O–H groups in total. The molecule has 0 aliphatic heterocycles. The molecule has 0 amide bonds. The highest BCUT2D eigenvalue weighted by Crippen LogP contribution is 2.11. The first-order valence-electron chi connectivity index (χ1n) is 6.22. The van der Waals surface area contributed by atoms with Crippen molar-refractivity contribution in [3.63, 3.8) is 0 Å². The summed E-state index contributed by atoms with van der Waals surface area (Å²) >= 11 is 3.33. The van der Waals surface area contributed by atoms with Gasteiger partial charge >= 0.3 is 5.97 Å². The Hall–Kier alpha value is -1.61. The average Bonchev–Trinajstić information content (AvgIpc) is 2.45. The smallest absolute Gasteiger partial charge is 0.338 e. The van der Waals surface area contributed by atoms with E-state index in [1.54, 1.807) is 12.1 Å². The van der Waals surface area contributed by atoms with Crippen molar-refractivity contribution in [1.82, 2.24) is 0 Å². The summed E-state index contributed by atoms with van der Waals surface area (Å²) in [5.41, 5.74) is 1.85. The normalized spacial score (nSPS) is 10.2. The lowest BCUT2D eigenvalue weighted by Gasteiger charge is -2.05. The molecule has 2 aromatic rings. The van der Waals surface area contributed by atoms with Gasteiger partial charge in [0.15, 0.2) is 0 Å². The van der Waals surface area contributed by atoms with E-state index >= 15 is 0 Å². The molecule has 0 saturated carbocycles. The number of hydrogen-bond acceptors (Lipinski definition) is 2. The molecule has 2 rings (SSSR count). The fourth-order valence-corrected chi connectivity index (χ4v) is 2.02. The van der Waals surface area contributed by atoms with Crippen LogP contribution in [0.4, 0.5) is 0 Å². The van der Waals surface area contributed by atoms with Crippen LogP contribution >= 0.6 is 15.9 Å². The summed E-state index contributed by atoms with van der Waals surface area (Å²) in [7, 11) is 0. The maximum Gasteiger partial charge on any atom is 0.338 e. The molecule has 2 nitrogen and oxygen atoms in total. The molecule has 0 heterocycles. The Balaban J connectivity index is 1.74. The number of benzene rings is 2. The molecule has 0 spiro atoms. The molecule has 0 aromatic heterocycles. The molecule has 0 bridgehead atoms. The number of halogens is 1. The van der Waals surface area contributed by atoms with Gasteiger partial charge in [0.1, 0.15) is 0 Å². The number of ether oxygens (including phenoxy) is 1. The minimum atomic E-state index is -0.263. The molecule has 2 aromatic carbocycles. The Kier molecular flexibility index (Phi) is 5.16. The average molecular weight is 319 g/mol. The van der Waals surface area contributed by atoms with E-state index in [2.05, 4.69) is 28.1 Å². The third-order valence-corrected chi connectivity index (χ3v) is 3.29. The predicted octanol–water partition coefficient (Wildman–Crippen LogP) is 4.24. The Morgan fingerprint density at radius 1 is 1.00 bits per heavy atom. The second-order valence-electron chi connectivity index (χ2n) is 4.23. The van der Waals surface area contributed by atoms with Crippen LogP contribution in [-0.4, -0.2) is 12.6 Å². The van der Waals surface area contributed by atoms with Crippen LogP contribution in [0.2, 0.25) is 0 Å². The van der Waals surface area contributed by atoms with Crippen molar-refractivity contribution in [2.24, 2.45) is 0 Å². The summed E-state index contributed by atoms with van der Waals surface area (Å²) in [6.07, 6.45) is 1.76. The monoisotopic (exact) mass is 318 g/mol. The van der Waals surface area contributed by atoms with Crippen molar-refractivity contribution in [3.8, 4) is 0 Å². The van der Waals surface area contributed by atoms with E-state index in [1.165, 1.54) is 5.56 Å². The highest BCUT2D eigenvalue weighted by atomic mass is 79.9. The zero-order valence-corrected chi connectivity index (χ0v) is 12.1. The van der Waals surface area contributed by atoms with Crippen LogP contribution < -0.4 is 0 Å². The maximum absolute atomic E-state index is 11.7. The summed E-state index contributed by atoms with van der Waals surface area (Å²) in [5, 5.41) is 0. The molecular formula is C16H15BrO2. The van der Waals surface area contributed by atoms with Gasteiger partial charge in [0.05, 0.1) is 12.2 Å². The molecule has 0 aliphatic carbocycles. The molecule has 0 fully saturated rings. The molecule has 0 unspecified atom stereocenters. The predicted molar refractivity (Wildman–Crippen MR) is 79.2 cm³/mol. The van der Waals surface area contributed by atoms with Gasteiger partial charge in [-0.2, -0.15) is 0 Å². The van der Waals surface area contributed by atoms with Gasteiger partial charge in [-0.1, -0.05) is 46.3 Å².